The molecule has 1 saturated heterocycles. The Kier molecular flexibility index (Phi) is 5.88. The minimum atomic E-state index is 0.284. The molecule has 20 heavy (non-hydrogen) atoms. The molecule has 1 heterocycles. The summed E-state index contributed by atoms with van der Waals surface area (Å²) in [6.07, 6.45) is 9.61. The molecule has 1 amide bonds. The molecule has 0 radical (unpaired) electrons. The predicted octanol–water partition coefficient (Wildman–Crippen LogP) is 3.10. The third kappa shape index (κ3) is 4.76. The summed E-state index contributed by atoms with van der Waals surface area (Å²) in [4.78, 5) is 12.2. The highest BCUT2D eigenvalue weighted by Crippen LogP contribution is 2.42. The maximum atomic E-state index is 12.2. The Hall–Kier alpha value is -0.570. The fourth-order valence-corrected chi connectivity index (χ4v) is 4.15. The molecule has 3 heteroatoms. The Balaban J connectivity index is 1.75. The van der Waals surface area contributed by atoms with E-state index in [1.165, 1.54) is 32.1 Å². The van der Waals surface area contributed by atoms with E-state index in [1.807, 2.05) is 0 Å². The van der Waals surface area contributed by atoms with Gasteiger partial charge in [-0.1, -0.05) is 26.7 Å². The molecule has 2 N–H and O–H groups in total. The SMILES string of the molecule is CC(C)CC1(CNC(=O)CC2CCNCC2)CCCC1. The van der Waals surface area contributed by atoms with E-state index < -0.39 is 0 Å². The molecule has 2 rings (SSSR count). The first-order valence-corrected chi connectivity index (χ1v) is 8.57. The molecule has 2 aliphatic rings. The van der Waals surface area contributed by atoms with Crippen molar-refractivity contribution < 1.29 is 4.79 Å². The van der Waals surface area contributed by atoms with Crippen molar-refractivity contribution in [2.45, 2.75) is 65.2 Å². The van der Waals surface area contributed by atoms with Gasteiger partial charge in [0, 0.05) is 13.0 Å². The molecule has 1 aliphatic heterocycles. The van der Waals surface area contributed by atoms with Crippen molar-refractivity contribution in [1.29, 1.82) is 0 Å². The third-order valence-electron chi connectivity index (χ3n) is 5.10. The zero-order valence-corrected chi connectivity index (χ0v) is 13.3. The van der Waals surface area contributed by atoms with Gasteiger partial charge in [-0.2, -0.15) is 0 Å². The van der Waals surface area contributed by atoms with E-state index in [0.717, 1.165) is 44.8 Å². The number of amides is 1. The molecule has 0 unspecified atom stereocenters. The van der Waals surface area contributed by atoms with Crippen LogP contribution in [-0.4, -0.2) is 25.5 Å². The molecule has 0 aromatic rings. The number of carbonyl (C=O) groups is 1. The lowest BCUT2D eigenvalue weighted by atomic mass is 9.78. The van der Waals surface area contributed by atoms with Crippen LogP contribution in [-0.2, 0) is 4.79 Å². The molecule has 0 aromatic carbocycles. The van der Waals surface area contributed by atoms with E-state index >= 15 is 0 Å². The molecule has 0 spiro atoms. The Morgan fingerprint density at radius 1 is 1.25 bits per heavy atom. The van der Waals surface area contributed by atoms with Gasteiger partial charge in [0.2, 0.25) is 5.91 Å². The van der Waals surface area contributed by atoms with E-state index in [-0.39, 0.29) is 5.91 Å². The molecular weight excluding hydrogens is 248 g/mol. The molecule has 1 aliphatic carbocycles. The summed E-state index contributed by atoms with van der Waals surface area (Å²) in [5, 5.41) is 6.62. The minimum Gasteiger partial charge on any atom is -0.356 e. The highest BCUT2D eigenvalue weighted by atomic mass is 16.1. The summed E-state index contributed by atoms with van der Waals surface area (Å²) >= 11 is 0. The summed E-state index contributed by atoms with van der Waals surface area (Å²) in [6, 6.07) is 0. The Morgan fingerprint density at radius 2 is 1.90 bits per heavy atom. The van der Waals surface area contributed by atoms with Gasteiger partial charge in [0.25, 0.3) is 0 Å². The molecule has 0 aromatic heterocycles. The van der Waals surface area contributed by atoms with E-state index in [9.17, 15) is 4.79 Å². The average molecular weight is 280 g/mol. The van der Waals surface area contributed by atoms with Crippen molar-refractivity contribution in [3.05, 3.63) is 0 Å². The largest absolute Gasteiger partial charge is 0.356 e. The van der Waals surface area contributed by atoms with Crippen molar-refractivity contribution in [3.63, 3.8) is 0 Å². The Morgan fingerprint density at radius 3 is 2.50 bits per heavy atom. The standard InChI is InChI=1S/C17H32N2O/c1-14(2)12-17(7-3-4-8-17)13-19-16(20)11-15-5-9-18-10-6-15/h14-15,18H,3-13H2,1-2H3,(H,19,20). The lowest BCUT2D eigenvalue weighted by molar-refractivity contribution is -0.122. The van der Waals surface area contributed by atoms with Crippen LogP contribution < -0.4 is 10.6 Å². The lowest BCUT2D eigenvalue weighted by Crippen LogP contribution is -2.38. The molecule has 1 saturated carbocycles. The van der Waals surface area contributed by atoms with Crippen molar-refractivity contribution in [2.75, 3.05) is 19.6 Å². The minimum absolute atomic E-state index is 0.284. The van der Waals surface area contributed by atoms with Gasteiger partial charge in [-0.25, -0.2) is 0 Å². The molecular formula is C17H32N2O. The van der Waals surface area contributed by atoms with Crippen LogP contribution >= 0.6 is 0 Å². The van der Waals surface area contributed by atoms with Crippen LogP contribution in [0.2, 0.25) is 0 Å². The van der Waals surface area contributed by atoms with Gasteiger partial charge in [0.05, 0.1) is 0 Å². The topological polar surface area (TPSA) is 41.1 Å². The Bertz CT molecular complexity index is 302. The van der Waals surface area contributed by atoms with Gasteiger partial charge in [-0.3, -0.25) is 4.79 Å². The van der Waals surface area contributed by atoms with Crippen LogP contribution in [0.3, 0.4) is 0 Å². The second-order valence-electron chi connectivity index (χ2n) is 7.48. The van der Waals surface area contributed by atoms with E-state index in [0.29, 0.717) is 11.3 Å². The third-order valence-corrected chi connectivity index (χ3v) is 5.10. The number of nitrogens with one attached hydrogen (secondary N) is 2. The van der Waals surface area contributed by atoms with E-state index in [2.05, 4.69) is 24.5 Å². The number of hydrogen-bond acceptors (Lipinski definition) is 2. The summed E-state index contributed by atoms with van der Waals surface area (Å²) in [5.74, 6) is 1.61. The fraction of sp³-hybridized carbons (Fsp3) is 0.941. The van der Waals surface area contributed by atoms with Gasteiger partial charge in [-0.15, -0.1) is 0 Å². The first-order valence-electron chi connectivity index (χ1n) is 8.57. The average Bonchev–Trinajstić information content (AvgIpc) is 2.86. The highest BCUT2D eigenvalue weighted by molar-refractivity contribution is 5.76. The summed E-state index contributed by atoms with van der Waals surface area (Å²) in [7, 11) is 0. The fourth-order valence-electron chi connectivity index (χ4n) is 4.15. The predicted molar refractivity (Wildman–Crippen MR) is 83.6 cm³/mol. The van der Waals surface area contributed by atoms with Gasteiger partial charge in [-0.05, 0) is 62.4 Å². The molecule has 116 valence electrons. The van der Waals surface area contributed by atoms with Crippen LogP contribution in [0, 0.1) is 17.3 Å². The second kappa shape index (κ2) is 7.44. The monoisotopic (exact) mass is 280 g/mol. The molecule has 2 fully saturated rings. The molecule has 0 bridgehead atoms. The number of carbonyl (C=O) groups excluding carboxylic acids is 1. The van der Waals surface area contributed by atoms with Crippen molar-refractivity contribution in [2.24, 2.45) is 17.3 Å². The van der Waals surface area contributed by atoms with Crippen LogP contribution in [0.5, 0.6) is 0 Å². The zero-order valence-electron chi connectivity index (χ0n) is 13.3. The first kappa shape index (κ1) is 15.8. The van der Waals surface area contributed by atoms with Crippen LogP contribution in [0.1, 0.15) is 65.2 Å². The summed E-state index contributed by atoms with van der Waals surface area (Å²) in [6.45, 7) is 7.67. The zero-order chi connectivity index (χ0) is 14.4. The van der Waals surface area contributed by atoms with Crippen LogP contribution in [0.15, 0.2) is 0 Å². The molecule has 0 atom stereocenters. The summed E-state index contributed by atoms with van der Waals surface area (Å²) in [5.41, 5.74) is 0.401. The highest BCUT2D eigenvalue weighted by Gasteiger charge is 2.34. The van der Waals surface area contributed by atoms with Gasteiger partial charge >= 0.3 is 0 Å². The van der Waals surface area contributed by atoms with Gasteiger partial charge < -0.3 is 10.6 Å². The first-order chi connectivity index (χ1) is 9.60. The van der Waals surface area contributed by atoms with Gasteiger partial charge in [0.1, 0.15) is 0 Å². The smallest absolute Gasteiger partial charge is 0.220 e. The van der Waals surface area contributed by atoms with Crippen molar-refractivity contribution in [3.8, 4) is 0 Å². The van der Waals surface area contributed by atoms with Crippen LogP contribution in [0.25, 0.3) is 0 Å². The maximum absolute atomic E-state index is 12.2. The second-order valence-corrected chi connectivity index (χ2v) is 7.48. The normalized spacial score (nSPS) is 23.1. The van der Waals surface area contributed by atoms with Crippen molar-refractivity contribution >= 4 is 5.91 Å². The Labute approximate surface area is 124 Å². The molecule has 3 nitrogen and oxygen atoms in total. The van der Waals surface area contributed by atoms with Crippen molar-refractivity contribution in [1.82, 2.24) is 10.6 Å². The quantitative estimate of drug-likeness (QED) is 0.785. The van der Waals surface area contributed by atoms with Crippen LogP contribution in [0.4, 0.5) is 0 Å². The lowest BCUT2D eigenvalue weighted by Gasteiger charge is -2.31. The van der Waals surface area contributed by atoms with Gasteiger partial charge in [0.15, 0.2) is 0 Å². The maximum Gasteiger partial charge on any atom is 0.220 e. The number of piperidine rings is 1. The van der Waals surface area contributed by atoms with E-state index in [4.69, 9.17) is 0 Å². The summed E-state index contributed by atoms with van der Waals surface area (Å²) < 4.78 is 0. The number of hydrogen-bond donors (Lipinski definition) is 2. The number of rotatable bonds is 6. The van der Waals surface area contributed by atoms with E-state index in [1.54, 1.807) is 0 Å².